The van der Waals surface area contributed by atoms with Crippen LogP contribution in [-0.4, -0.2) is 70.5 Å². The van der Waals surface area contributed by atoms with Crippen molar-refractivity contribution in [1.29, 1.82) is 0 Å². The summed E-state index contributed by atoms with van der Waals surface area (Å²) in [7, 11) is 0.329. The summed E-state index contributed by atoms with van der Waals surface area (Å²) in [5, 5.41) is 9.52. The van der Waals surface area contributed by atoms with Gasteiger partial charge in [-0.1, -0.05) is 6.92 Å². The summed E-state index contributed by atoms with van der Waals surface area (Å²) in [5.74, 6) is 0. The standard InChI is InChI=1S/C12H25N5O3S/c1-4-13-9-11-10-14-16-12(11)21(18,19)15-5-7-20-8-6-17(2)3/h10,13,15H,4-9H2,1-3H3,(H,14,16). The zero-order valence-corrected chi connectivity index (χ0v) is 13.7. The zero-order valence-electron chi connectivity index (χ0n) is 12.8. The second-order valence-corrected chi connectivity index (χ2v) is 6.52. The number of hydrogen-bond donors (Lipinski definition) is 3. The van der Waals surface area contributed by atoms with Crippen molar-refractivity contribution < 1.29 is 13.2 Å². The van der Waals surface area contributed by atoms with Crippen molar-refractivity contribution in [3.63, 3.8) is 0 Å². The molecule has 0 aliphatic carbocycles. The molecule has 0 amide bonds. The maximum atomic E-state index is 12.1. The van der Waals surface area contributed by atoms with E-state index in [0.717, 1.165) is 13.1 Å². The fourth-order valence-corrected chi connectivity index (χ4v) is 2.73. The molecule has 1 heterocycles. The van der Waals surface area contributed by atoms with E-state index in [1.807, 2.05) is 25.9 Å². The summed E-state index contributed by atoms with van der Waals surface area (Å²) >= 11 is 0. The average molecular weight is 319 g/mol. The van der Waals surface area contributed by atoms with Crippen molar-refractivity contribution in [2.45, 2.75) is 18.5 Å². The molecule has 3 N–H and O–H groups in total. The molecule has 0 atom stereocenters. The normalized spacial score (nSPS) is 12.2. The molecular formula is C12H25N5O3S. The predicted octanol–water partition coefficient (Wildman–Crippen LogP) is -0.624. The van der Waals surface area contributed by atoms with Crippen molar-refractivity contribution in [3.8, 4) is 0 Å². The summed E-state index contributed by atoms with van der Waals surface area (Å²) in [4.78, 5) is 2.00. The molecule has 1 aromatic heterocycles. The molecule has 21 heavy (non-hydrogen) atoms. The van der Waals surface area contributed by atoms with Gasteiger partial charge >= 0.3 is 0 Å². The number of nitrogens with one attached hydrogen (secondary N) is 3. The third-order valence-corrected chi connectivity index (χ3v) is 4.21. The molecule has 0 spiro atoms. The number of aromatic nitrogens is 2. The number of nitrogens with zero attached hydrogens (tertiary/aromatic N) is 2. The number of likely N-dealkylation sites (N-methyl/N-ethyl adjacent to an activating group) is 1. The summed E-state index contributed by atoms with van der Waals surface area (Å²) in [5.41, 5.74) is 0.623. The molecule has 1 rings (SSSR count). The second-order valence-electron chi connectivity index (χ2n) is 4.82. The Morgan fingerprint density at radius 2 is 2.14 bits per heavy atom. The van der Waals surface area contributed by atoms with Crippen LogP contribution < -0.4 is 10.0 Å². The molecule has 9 heteroatoms. The Morgan fingerprint density at radius 3 is 2.81 bits per heavy atom. The number of rotatable bonds is 11. The molecule has 1 aromatic rings. The van der Waals surface area contributed by atoms with Gasteiger partial charge in [-0.15, -0.1) is 0 Å². The van der Waals surface area contributed by atoms with Gasteiger partial charge in [-0.2, -0.15) is 5.10 Å². The molecule has 0 bridgehead atoms. The van der Waals surface area contributed by atoms with Crippen LogP contribution in [0.3, 0.4) is 0 Å². The molecule has 0 aliphatic rings. The first-order chi connectivity index (χ1) is 9.97. The van der Waals surface area contributed by atoms with E-state index in [0.29, 0.717) is 25.3 Å². The Hall–Kier alpha value is -1.00. The van der Waals surface area contributed by atoms with E-state index in [1.165, 1.54) is 6.20 Å². The molecule has 0 fully saturated rings. The van der Waals surface area contributed by atoms with Gasteiger partial charge in [0.2, 0.25) is 0 Å². The number of H-pyrrole nitrogens is 1. The van der Waals surface area contributed by atoms with Gasteiger partial charge < -0.3 is 15.0 Å². The van der Waals surface area contributed by atoms with Crippen LogP contribution in [-0.2, 0) is 21.3 Å². The highest BCUT2D eigenvalue weighted by Crippen LogP contribution is 2.10. The van der Waals surface area contributed by atoms with Gasteiger partial charge in [-0.05, 0) is 20.6 Å². The van der Waals surface area contributed by atoms with Crippen LogP contribution in [0.1, 0.15) is 12.5 Å². The van der Waals surface area contributed by atoms with Gasteiger partial charge in [0.25, 0.3) is 10.0 Å². The van der Waals surface area contributed by atoms with Gasteiger partial charge in [0.05, 0.1) is 19.4 Å². The summed E-state index contributed by atoms with van der Waals surface area (Å²) in [6, 6.07) is 0. The van der Waals surface area contributed by atoms with Crippen molar-refractivity contribution in [2.24, 2.45) is 0 Å². The van der Waals surface area contributed by atoms with Crippen molar-refractivity contribution in [1.82, 2.24) is 25.1 Å². The van der Waals surface area contributed by atoms with E-state index in [4.69, 9.17) is 4.74 Å². The van der Waals surface area contributed by atoms with E-state index in [2.05, 4.69) is 20.2 Å². The highest BCUT2D eigenvalue weighted by Gasteiger charge is 2.19. The maximum Gasteiger partial charge on any atom is 0.257 e. The van der Waals surface area contributed by atoms with E-state index in [9.17, 15) is 8.42 Å². The summed E-state index contributed by atoms with van der Waals surface area (Å²) in [6.45, 7) is 5.13. The minimum Gasteiger partial charge on any atom is -0.379 e. The summed E-state index contributed by atoms with van der Waals surface area (Å²) < 4.78 is 32.1. The minimum absolute atomic E-state index is 0.108. The van der Waals surface area contributed by atoms with Crippen molar-refractivity contribution in [2.75, 3.05) is 46.9 Å². The molecule has 122 valence electrons. The largest absolute Gasteiger partial charge is 0.379 e. The predicted molar refractivity (Wildman–Crippen MR) is 80.5 cm³/mol. The fraction of sp³-hybridized carbons (Fsp3) is 0.750. The second kappa shape index (κ2) is 9.11. The molecule has 0 saturated heterocycles. The van der Waals surface area contributed by atoms with Crippen LogP contribution in [0.5, 0.6) is 0 Å². The van der Waals surface area contributed by atoms with Crippen molar-refractivity contribution >= 4 is 10.0 Å². The van der Waals surface area contributed by atoms with Crippen LogP contribution in [0, 0.1) is 0 Å². The lowest BCUT2D eigenvalue weighted by molar-refractivity contribution is 0.122. The SMILES string of the molecule is CCNCc1cn[nH]c1S(=O)(=O)NCCOCCN(C)C. The molecule has 0 aromatic carbocycles. The topological polar surface area (TPSA) is 99.3 Å². The number of sulfonamides is 1. The highest BCUT2D eigenvalue weighted by molar-refractivity contribution is 7.89. The van der Waals surface area contributed by atoms with Crippen molar-refractivity contribution in [3.05, 3.63) is 11.8 Å². The molecule has 0 aliphatic heterocycles. The van der Waals surface area contributed by atoms with Gasteiger partial charge in [-0.3, -0.25) is 5.10 Å². The number of aromatic amines is 1. The third kappa shape index (κ3) is 6.53. The van der Waals surface area contributed by atoms with Gasteiger partial charge in [-0.25, -0.2) is 13.1 Å². The lowest BCUT2D eigenvalue weighted by Gasteiger charge is -2.10. The first-order valence-electron chi connectivity index (χ1n) is 6.92. The van der Waals surface area contributed by atoms with Crippen LogP contribution in [0.25, 0.3) is 0 Å². The number of ether oxygens (including phenoxy) is 1. The van der Waals surface area contributed by atoms with Crippen LogP contribution in [0.15, 0.2) is 11.2 Å². The van der Waals surface area contributed by atoms with Crippen LogP contribution in [0.2, 0.25) is 0 Å². The van der Waals surface area contributed by atoms with Gasteiger partial charge in [0.1, 0.15) is 0 Å². The first-order valence-corrected chi connectivity index (χ1v) is 8.40. The Morgan fingerprint density at radius 1 is 1.38 bits per heavy atom. The smallest absolute Gasteiger partial charge is 0.257 e. The first kappa shape index (κ1) is 18.1. The molecule has 0 saturated carbocycles. The van der Waals surface area contributed by atoms with Gasteiger partial charge in [0.15, 0.2) is 5.03 Å². The fourth-order valence-electron chi connectivity index (χ4n) is 1.59. The zero-order chi connectivity index (χ0) is 15.7. The van der Waals surface area contributed by atoms with Gasteiger partial charge in [0, 0.05) is 25.2 Å². The lowest BCUT2D eigenvalue weighted by atomic mass is 10.3. The maximum absolute atomic E-state index is 12.1. The molecule has 0 radical (unpaired) electrons. The lowest BCUT2D eigenvalue weighted by Crippen LogP contribution is -2.30. The van der Waals surface area contributed by atoms with E-state index in [-0.39, 0.29) is 11.6 Å². The molecule has 0 unspecified atom stereocenters. The molecule has 8 nitrogen and oxygen atoms in total. The summed E-state index contributed by atoms with van der Waals surface area (Å²) in [6.07, 6.45) is 1.52. The van der Waals surface area contributed by atoms with Crippen LogP contribution in [0.4, 0.5) is 0 Å². The Labute approximate surface area is 126 Å². The monoisotopic (exact) mass is 319 g/mol. The minimum atomic E-state index is -3.58. The van der Waals surface area contributed by atoms with E-state index >= 15 is 0 Å². The Bertz CT molecular complexity index is 501. The Kier molecular flexibility index (Phi) is 7.83. The average Bonchev–Trinajstić information content (AvgIpc) is 2.89. The molecular weight excluding hydrogens is 294 g/mol. The number of hydrogen-bond acceptors (Lipinski definition) is 6. The van der Waals surface area contributed by atoms with Crippen LogP contribution >= 0.6 is 0 Å². The highest BCUT2D eigenvalue weighted by atomic mass is 32.2. The third-order valence-electron chi connectivity index (χ3n) is 2.73. The van der Waals surface area contributed by atoms with E-state index < -0.39 is 10.0 Å². The Balaban J connectivity index is 2.41. The van der Waals surface area contributed by atoms with E-state index in [1.54, 1.807) is 0 Å². The quantitative estimate of drug-likeness (QED) is 0.470.